The number of rotatable bonds is 6. The van der Waals surface area contributed by atoms with Crippen molar-refractivity contribution in [3.8, 4) is 22.9 Å². The van der Waals surface area contributed by atoms with Gasteiger partial charge in [0, 0.05) is 36.7 Å². The predicted octanol–water partition coefficient (Wildman–Crippen LogP) is 7.46. The van der Waals surface area contributed by atoms with E-state index in [1.807, 2.05) is 25.7 Å². The molecule has 0 saturated carbocycles. The molecular weight excluding hydrogens is 675 g/mol. The van der Waals surface area contributed by atoms with Gasteiger partial charge in [0.1, 0.15) is 23.2 Å². The maximum absolute atomic E-state index is 14.3. The Morgan fingerprint density at radius 2 is 2.02 bits per heavy atom. The molecule has 0 bridgehead atoms. The summed E-state index contributed by atoms with van der Waals surface area (Å²) in [5.74, 6) is -0.0992. The van der Waals surface area contributed by atoms with Gasteiger partial charge in [-0.15, -0.1) is 0 Å². The second-order valence-electron chi connectivity index (χ2n) is 13.2. The monoisotopic (exact) mass is 711 g/mol. The number of amides is 2. The van der Waals surface area contributed by atoms with Crippen molar-refractivity contribution in [3.63, 3.8) is 0 Å². The first kappa shape index (κ1) is 36.4. The molecule has 2 amide bonds. The van der Waals surface area contributed by atoms with Crippen LogP contribution < -0.4 is 9.64 Å². The van der Waals surface area contributed by atoms with Crippen LogP contribution in [0.15, 0.2) is 36.7 Å². The molecule has 50 heavy (non-hydrogen) atoms. The van der Waals surface area contributed by atoms with Gasteiger partial charge in [0.2, 0.25) is 6.43 Å². The highest BCUT2D eigenvalue weighted by atomic mass is 35.5. The lowest BCUT2D eigenvalue weighted by Gasteiger charge is -2.32. The Bertz CT molecular complexity index is 1920. The predicted molar refractivity (Wildman–Crippen MR) is 180 cm³/mol. The third-order valence-corrected chi connectivity index (χ3v) is 8.28. The average molecular weight is 712 g/mol. The number of nitrogens with one attached hydrogen (secondary N) is 1. The van der Waals surface area contributed by atoms with Gasteiger partial charge in [-0.3, -0.25) is 19.8 Å². The summed E-state index contributed by atoms with van der Waals surface area (Å²) in [5.41, 5.74) is 1.79. The lowest BCUT2D eigenvalue weighted by Crippen LogP contribution is -2.42. The summed E-state index contributed by atoms with van der Waals surface area (Å²) in [5, 5.41) is 17.3. The van der Waals surface area contributed by atoms with Crippen LogP contribution >= 0.6 is 11.6 Å². The molecule has 1 atom stereocenters. The normalized spacial score (nSPS) is 16.0. The van der Waals surface area contributed by atoms with Crippen LogP contribution in [0.25, 0.3) is 22.2 Å². The minimum atomic E-state index is -2.54. The van der Waals surface area contributed by atoms with Crippen LogP contribution in [0, 0.1) is 23.1 Å². The molecule has 2 aliphatic rings. The number of halogens is 4. The molecule has 6 rings (SSSR count). The van der Waals surface area contributed by atoms with Crippen molar-refractivity contribution in [1.29, 1.82) is 5.26 Å². The standard InChI is InChI=1S/C24H16ClF3N6O2.C11H21NO2/c25-13-6-16(26)18(30-8-13)10-34-19-3-1-12(5-20(19)36-11-22(34)35)23-14(7-29)17(2-4-21(27)28)32-24-15(23)9-31-33-24;1-9-6-5-7-12(8-9)10(13)14-11(2,3)4/h1,3,5-6,8-9,21H,2,4,10-11H2,(H,31,32,33);9H,5-8H2,1-4H3. The van der Waals surface area contributed by atoms with E-state index in [2.05, 4.69) is 33.2 Å². The lowest BCUT2D eigenvalue weighted by molar-refractivity contribution is -0.121. The number of hydrogen-bond donors (Lipinski definition) is 1. The van der Waals surface area contributed by atoms with E-state index in [1.54, 1.807) is 18.2 Å². The molecular formula is C35H37ClF3N7O4. The minimum Gasteiger partial charge on any atom is -0.482 e. The lowest BCUT2D eigenvalue weighted by atomic mass is 9.94. The first-order valence-electron chi connectivity index (χ1n) is 16.1. The van der Waals surface area contributed by atoms with Gasteiger partial charge in [-0.2, -0.15) is 10.4 Å². The number of alkyl halides is 2. The van der Waals surface area contributed by atoms with E-state index in [9.17, 15) is 28.0 Å². The number of aromatic amines is 1. The quantitative estimate of drug-likeness (QED) is 0.218. The van der Waals surface area contributed by atoms with E-state index in [0.717, 1.165) is 25.6 Å². The van der Waals surface area contributed by atoms with Crippen molar-refractivity contribution in [3.05, 3.63) is 64.5 Å². The number of fused-ring (bicyclic) bond motifs is 2. The van der Waals surface area contributed by atoms with Crippen molar-refractivity contribution in [2.45, 2.75) is 71.9 Å². The third kappa shape index (κ3) is 8.63. The molecule has 1 fully saturated rings. The average Bonchev–Trinajstić information content (AvgIpc) is 3.53. The maximum atomic E-state index is 14.3. The number of ether oxygens (including phenoxy) is 2. The van der Waals surface area contributed by atoms with Crippen molar-refractivity contribution in [2.24, 2.45) is 5.92 Å². The summed E-state index contributed by atoms with van der Waals surface area (Å²) in [4.78, 5) is 35.7. The van der Waals surface area contributed by atoms with Gasteiger partial charge in [0.15, 0.2) is 12.3 Å². The molecule has 0 aliphatic carbocycles. The molecule has 264 valence electrons. The second-order valence-corrected chi connectivity index (χ2v) is 13.6. The zero-order chi connectivity index (χ0) is 36.2. The second kappa shape index (κ2) is 15.3. The van der Waals surface area contributed by atoms with Crippen molar-refractivity contribution in [1.82, 2.24) is 25.1 Å². The first-order valence-corrected chi connectivity index (χ1v) is 16.5. The number of carbonyl (C=O) groups excluding carboxylic acids is 2. The largest absolute Gasteiger partial charge is 0.482 e. The Morgan fingerprint density at radius 3 is 2.70 bits per heavy atom. The fraction of sp³-hybridized carbons (Fsp3) is 0.429. The molecule has 4 aromatic rings. The smallest absolute Gasteiger partial charge is 0.410 e. The Labute approximate surface area is 292 Å². The highest BCUT2D eigenvalue weighted by molar-refractivity contribution is 6.30. The van der Waals surface area contributed by atoms with E-state index < -0.39 is 18.7 Å². The molecule has 0 spiro atoms. The molecule has 5 heterocycles. The van der Waals surface area contributed by atoms with Crippen LogP contribution in [0.2, 0.25) is 5.02 Å². The Morgan fingerprint density at radius 1 is 1.24 bits per heavy atom. The minimum absolute atomic E-state index is 0.0364. The highest BCUT2D eigenvalue weighted by Crippen LogP contribution is 2.40. The number of aryl methyl sites for hydroxylation is 1. The summed E-state index contributed by atoms with van der Waals surface area (Å²) in [6.45, 7) is 9.15. The topological polar surface area (TPSA) is 137 Å². The van der Waals surface area contributed by atoms with Gasteiger partial charge in [0.05, 0.1) is 40.4 Å². The van der Waals surface area contributed by atoms with Gasteiger partial charge in [-0.1, -0.05) is 24.6 Å². The number of aromatic nitrogens is 4. The van der Waals surface area contributed by atoms with E-state index >= 15 is 0 Å². The van der Waals surface area contributed by atoms with Gasteiger partial charge in [-0.25, -0.2) is 22.9 Å². The van der Waals surface area contributed by atoms with E-state index in [4.69, 9.17) is 21.1 Å². The number of nitrogens with zero attached hydrogens (tertiary/aromatic N) is 6. The highest BCUT2D eigenvalue weighted by Gasteiger charge is 2.29. The van der Waals surface area contributed by atoms with Gasteiger partial charge >= 0.3 is 6.09 Å². The zero-order valence-corrected chi connectivity index (χ0v) is 28.9. The van der Waals surface area contributed by atoms with Crippen LogP contribution in [0.4, 0.5) is 23.7 Å². The van der Waals surface area contributed by atoms with E-state index in [1.165, 1.54) is 23.7 Å². The molecule has 1 N–H and O–H groups in total. The summed E-state index contributed by atoms with van der Waals surface area (Å²) < 4.78 is 51.0. The Kier molecular flexibility index (Phi) is 11.2. The van der Waals surface area contributed by atoms with E-state index in [0.29, 0.717) is 39.5 Å². The van der Waals surface area contributed by atoms with Crippen LogP contribution in [0.3, 0.4) is 0 Å². The molecule has 1 aromatic carbocycles. The Balaban J connectivity index is 0.000000292. The number of piperidine rings is 1. The molecule has 2 aliphatic heterocycles. The molecule has 1 unspecified atom stereocenters. The van der Waals surface area contributed by atoms with E-state index in [-0.39, 0.29) is 59.1 Å². The summed E-state index contributed by atoms with van der Waals surface area (Å²) in [7, 11) is 0. The molecule has 0 radical (unpaired) electrons. The zero-order valence-electron chi connectivity index (χ0n) is 28.1. The summed E-state index contributed by atoms with van der Waals surface area (Å²) in [6, 6.07) is 8.13. The van der Waals surface area contributed by atoms with Gasteiger partial charge in [-0.05, 0) is 69.7 Å². The third-order valence-electron chi connectivity index (χ3n) is 8.08. The number of anilines is 1. The van der Waals surface area contributed by atoms with Crippen LogP contribution in [0.5, 0.6) is 5.75 Å². The summed E-state index contributed by atoms with van der Waals surface area (Å²) in [6.07, 6.45) is 1.87. The van der Waals surface area contributed by atoms with Crippen molar-refractivity contribution < 1.29 is 32.2 Å². The first-order chi connectivity index (χ1) is 23.7. The van der Waals surface area contributed by atoms with Crippen LogP contribution in [0.1, 0.15) is 63.9 Å². The summed E-state index contributed by atoms with van der Waals surface area (Å²) >= 11 is 5.78. The van der Waals surface area contributed by atoms with Gasteiger partial charge in [0.25, 0.3) is 5.91 Å². The fourth-order valence-electron chi connectivity index (χ4n) is 5.79. The Hall–Kier alpha value is -4.90. The molecule has 1 saturated heterocycles. The number of benzene rings is 1. The van der Waals surface area contributed by atoms with Gasteiger partial charge < -0.3 is 14.4 Å². The number of pyridine rings is 2. The number of hydrogen-bond acceptors (Lipinski definition) is 8. The van der Waals surface area contributed by atoms with Crippen LogP contribution in [-0.2, 0) is 22.5 Å². The molecule has 3 aromatic heterocycles. The number of nitriles is 1. The number of carbonyl (C=O) groups is 2. The number of H-pyrrole nitrogens is 1. The van der Waals surface area contributed by atoms with Crippen molar-refractivity contribution in [2.75, 3.05) is 24.6 Å². The maximum Gasteiger partial charge on any atom is 0.410 e. The fourth-order valence-corrected chi connectivity index (χ4v) is 5.93. The number of likely N-dealkylation sites (tertiary alicyclic amines) is 1. The molecule has 15 heteroatoms. The SMILES string of the molecule is CC1CCCN(C(=O)OC(C)(C)C)C1.N#Cc1c(CCC(F)F)nc2[nH]ncc2c1-c1ccc2c(c1)OCC(=O)N2Cc1ncc(Cl)cc1F. The van der Waals surface area contributed by atoms with Crippen molar-refractivity contribution >= 4 is 40.3 Å². The molecule has 11 nitrogen and oxygen atoms in total. The van der Waals surface area contributed by atoms with Crippen LogP contribution in [-0.4, -0.2) is 68.8 Å².